The van der Waals surface area contributed by atoms with E-state index in [1.165, 1.54) is 0 Å². The van der Waals surface area contributed by atoms with Crippen molar-refractivity contribution in [1.29, 1.82) is 0 Å². The van der Waals surface area contributed by atoms with Gasteiger partial charge < -0.3 is 16.2 Å². The summed E-state index contributed by atoms with van der Waals surface area (Å²) in [4.78, 5) is 12.1. The van der Waals surface area contributed by atoms with Crippen LogP contribution in [0.5, 0.6) is 0 Å². The van der Waals surface area contributed by atoms with Gasteiger partial charge in [0.25, 0.3) is 5.91 Å². The van der Waals surface area contributed by atoms with Gasteiger partial charge in [-0.15, -0.1) is 0 Å². The molecule has 2 unspecified atom stereocenters. The Hall–Kier alpha value is -1.55. The Labute approximate surface area is 120 Å². The van der Waals surface area contributed by atoms with E-state index in [1.54, 1.807) is 18.2 Å². The molecule has 0 aliphatic heterocycles. The van der Waals surface area contributed by atoms with Crippen LogP contribution in [0.2, 0.25) is 0 Å². The van der Waals surface area contributed by atoms with Crippen LogP contribution in [0.4, 0.5) is 5.69 Å². The van der Waals surface area contributed by atoms with E-state index in [-0.39, 0.29) is 5.91 Å². The van der Waals surface area contributed by atoms with Crippen LogP contribution < -0.4 is 11.1 Å². The average Bonchev–Trinajstić information content (AvgIpc) is 2.39. The number of hydrogen-bond donors (Lipinski definition) is 3. The summed E-state index contributed by atoms with van der Waals surface area (Å²) in [7, 11) is 0. The van der Waals surface area contributed by atoms with Crippen molar-refractivity contribution in [3.8, 4) is 0 Å². The van der Waals surface area contributed by atoms with Crippen molar-refractivity contribution >= 4 is 11.6 Å². The smallest absolute Gasteiger partial charge is 0.251 e. The summed E-state index contributed by atoms with van der Waals surface area (Å²) in [6.07, 6.45) is 3.70. The van der Waals surface area contributed by atoms with Gasteiger partial charge in [0, 0.05) is 17.8 Å². The SMILES string of the molecule is Cc1cc(C(=O)NCC2(O)CCCC(C)C2)ccc1N. The zero-order valence-corrected chi connectivity index (χ0v) is 12.3. The molecule has 4 heteroatoms. The zero-order valence-electron chi connectivity index (χ0n) is 12.3. The highest BCUT2D eigenvalue weighted by Crippen LogP contribution is 2.31. The number of hydrogen-bond acceptors (Lipinski definition) is 3. The molecule has 0 radical (unpaired) electrons. The summed E-state index contributed by atoms with van der Waals surface area (Å²) in [5.41, 5.74) is 7.15. The van der Waals surface area contributed by atoms with E-state index in [1.807, 2.05) is 6.92 Å². The van der Waals surface area contributed by atoms with Gasteiger partial charge in [0.1, 0.15) is 0 Å². The van der Waals surface area contributed by atoms with Gasteiger partial charge >= 0.3 is 0 Å². The number of benzene rings is 1. The van der Waals surface area contributed by atoms with Crippen molar-refractivity contribution in [2.24, 2.45) is 5.92 Å². The number of carbonyl (C=O) groups excluding carboxylic acids is 1. The lowest BCUT2D eigenvalue weighted by atomic mass is 9.79. The molecule has 0 aromatic heterocycles. The molecule has 1 aliphatic carbocycles. The maximum atomic E-state index is 12.1. The van der Waals surface area contributed by atoms with Gasteiger partial charge in [-0.2, -0.15) is 0 Å². The van der Waals surface area contributed by atoms with Crippen LogP contribution in [0.15, 0.2) is 18.2 Å². The van der Waals surface area contributed by atoms with Crippen LogP contribution in [-0.2, 0) is 0 Å². The van der Waals surface area contributed by atoms with E-state index >= 15 is 0 Å². The van der Waals surface area contributed by atoms with Crippen LogP contribution in [0.25, 0.3) is 0 Å². The fourth-order valence-corrected chi connectivity index (χ4v) is 2.96. The molecule has 2 atom stereocenters. The third-order valence-electron chi connectivity index (χ3n) is 4.18. The van der Waals surface area contributed by atoms with E-state index in [4.69, 9.17) is 5.73 Å². The number of nitrogens with two attached hydrogens (primary N) is 1. The predicted molar refractivity (Wildman–Crippen MR) is 80.5 cm³/mol. The second-order valence-electron chi connectivity index (χ2n) is 6.18. The highest BCUT2D eigenvalue weighted by molar-refractivity contribution is 5.94. The maximum Gasteiger partial charge on any atom is 0.251 e. The van der Waals surface area contributed by atoms with E-state index in [2.05, 4.69) is 12.2 Å². The van der Waals surface area contributed by atoms with Gasteiger partial charge in [-0.1, -0.05) is 19.8 Å². The van der Waals surface area contributed by atoms with Gasteiger partial charge in [-0.25, -0.2) is 0 Å². The molecule has 1 saturated carbocycles. The topological polar surface area (TPSA) is 75.3 Å². The number of rotatable bonds is 3. The molecule has 1 aromatic carbocycles. The third kappa shape index (κ3) is 3.51. The minimum absolute atomic E-state index is 0.153. The van der Waals surface area contributed by atoms with Gasteiger partial charge in [-0.05, 0) is 49.4 Å². The van der Waals surface area contributed by atoms with Crippen LogP contribution in [0, 0.1) is 12.8 Å². The molecule has 0 bridgehead atoms. The van der Waals surface area contributed by atoms with Crippen LogP contribution >= 0.6 is 0 Å². The molecule has 0 saturated heterocycles. The molecule has 1 aliphatic rings. The number of nitrogen functional groups attached to an aromatic ring is 1. The Morgan fingerprint density at radius 3 is 2.95 bits per heavy atom. The summed E-state index contributed by atoms with van der Waals surface area (Å²) in [6, 6.07) is 5.23. The highest BCUT2D eigenvalue weighted by Gasteiger charge is 2.32. The molecule has 0 heterocycles. The van der Waals surface area contributed by atoms with E-state index < -0.39 is 5.60 Å². The van der Waals surface area contributed by atoms with Crippen LogP contribution in [-0.4, -0.2) is 23.2 Å². The molecular weight excluding hydrogens is 252 g/mol. The fourth-order valence-electron chi connectivity index (χ4n) is 2.96. The lowest BCUT2D eigenvalue weighted by Crippen LogP contribution is -2.45. The third-order valence-corrected chi connectivity index (χ3v) is 4.18. The molecule has 4 N–H and O–H groups in total. The Balaban J connectivity index is 1.96. The molecule has 0 spiro atoms. The minimum Gasteiger partial charge on any atom is -0.399 e. The van der Waals surface area contributed by atoms with Crippen molar-refractivity contribution in [2.75, 3.05) is 12.3 Å². The van der Waals surface area contributed by atoms with E-state index in [0.29, 0.717) is 23.7 Å². The molecule has 2 rings (SSSR count). The first-order valence-corrected chi connectivity index (χ1v) is 7.26. The minimum atomic E-state index is -0.754. The van der Waals surface area contributed by atoms with E-state index in [9.17, 15) is 9.90 Å². The number of nitrogens with one attached hydrogen (secondary N) is 1. The first-order chi connectivity index (χ1) is 9.39. The number of anilines is 1. The fraction of sp³-hybridized carbons (Fsp3) is 0.562. The van der Waals surface area contributed by atoms with Crippen molar-refractivity contribution in [3.05, 3.63) is 29.3 Å². The lowest BCUT2D eigenvalue weighted by Gasteiger charge is -2.35. The molecule has 1 aromatic rings. The molecular formula is C16H24N2O2. The average molecular weight is 276 g/mol. The summed E-state index contributed by atoms with van der Waals surface area (Å²) in [5, 5.41) is 13.3. The largest absolute Gasteiger partial charge is 0.399 e. The molecule has 1 fully saturated rings. The summed E-state index contributed by atoms with van der Waals surface area (Å²) in [5.74, 6) is 0.365. The Bertz CT molecular complexity index is 501. The Kier molecular flexibility index (Phi) is 4.33. The Morgan fingerprint density at radius 2 is 2.30 bits per heavy atom. The van der Waals surface area contributed by atoms with Crippen molar-refractivity contribution < 1.29 is 9.90 Å². The van der Waals surface area contributed by atoms with Gasteiger partial charge in [0.15, 0.2) is 0 Å². The number of aliphatic hydroxyl groups is 1. The highest BCUT2D eigenvalue weighted by atomic mass is 16.3. The second-order valence-corrected chi connectivity index (χ2v) is 6.18. The van der Waals surface area contributed by atoms with Crippen LogP contribution in [0.3, 0.4) is 0 Å². The zero-order chi connectivity index (χ0) is 14.8. The van der Waals surface area contributed by atoms with Crippen molar-refractivity contribution in [3.63, 3.8) is 0 Å². The van der Waals surface area contributed by atoms with Gasteiger partial charge in [0.2, 0.25) is 0 Å². The number of amides is 1. The molecule has 4 nitrogen and oxygen atoms in total. The standard InChI is InChI=1S/C16H24N2O2/c1-11-4-3-7-16(20,9-11)10-18-15(19)13-5-6-14(17)12(2)8-13/h5-6,8,11,20H,3-4,7,9-10,17H2,1-2H3,(H,18,19). The first kappa shape index (κ1) is 14.9. The van der Waals surface area contributed by atoms with Crippen molar-refractivity contribution in [2.45, 2.75) is 45.1 Å². The second kappa shape index (κ2) is 5.83. The normalized spacial score (nSPS) is 26.2. The Morgan fingerprint density at radius 1 is 1.55 bits per heavy atom. The predicted octanol–water partition coefficient (Wildman–Crippen LogP) is 2.25. The maximum absolute atomic E-state index is 12.1. The monoisotopic (exact) mass is 276 g/mol. The van der Waals surface area contributed by atoms with Crippen molar-refractivity contribution in [1.82, 2.24) is 5.32 Å². The summed E-state index contributed by atoms with van der Waals surface area (Å²) >= 11 is 0. The van der Waals surface area contributed by atoms with Gasteiger partial charge in [0.05, 0.1) is 5.60 Å². The van der Waals surface area contributed by atoms with Gasteiger partial charge in [-0.3, -0.25) is 4.79 Å². The summed E-state index contributed by atoms with van der Waals surface area (Å²) in [6.45, 7) is 4.34. The number of aryl methyl sites for hydroxylation is 1. The quantitative estimate of drug-likeness (QED) is 0.741. The molecule has 20 heavy (non-hydrogen) atoms. The lowest BCUT2D eigenvalue weighted by molar-refractivity contribution is -0.0109. The number of carbonyl (C=O) groups is 1. The summed E-state index contributed by atoms with van der Waals surface area (Å²) < 4.78 is 0. The van der Waals surface area contributed by atoms with E-state index in [0.717, 1.165) is 31.2 Å². The van der Waals surface area contributed by atoms with Crippen LogP contribution in [0.1, 0.15) is 48.5 Å². The molecule has 110 valence electrons. The first-order valence-electron chi connectivity index (χ1n) is 7.26. The molecule has 1 amide bonds.